The van der Waals surface area contributed by atoms with Gasteiger partial charge < -0.3 is 0 Å². The Hall–Kier alpha value is -1.83. The van der Waals surface area contributed by atoms with Crippen LogP contribution in [0.5, 0.6) is 0 Å². The number of hydrogen-bond donors (Lipinski definition) is 1. The fourth-order valence-corrected chi connectivity index (χ4v) is 4.66. The Labute approximate surface area is 164 Å². The van der Waals surface area contributed by atoms with Gasteiger partial charge in [-0.1, -0.05) is 41.0 Å². The number of fused-ring (bicyclic) bond motifs is 2. The van der Waals surface area contributed by atoms with Crippen molar-refractivity contribution in [3.05, 3.63) is 45.1 Å². The standard InChI is InChI=1S/C17H14Cl2N6S/c1-8-14(9-5-6-11(18)12(19)7-9)24-25-16(22-23-17(25)26-8)15-10-3-2-4-13(10)20-21-15/h5-8H,2-4H2,1H3,(H,20,21). The van der Waals surface area contributed by atoms with E-state index in [-0.39, 0.29) is 5.25 Å². The maximum absolute atomic E-state index is 6.20. The Bertz CT molecular complexity index is 1050. The highest BCUT2D eigenvalue weighted by atomic mass is 35.5. The first kappa shape index (κ1) is 16.4. The summed E-state index contributed by atoms with van der Waals surface area (Å²) in [6, 6.07) is 5.58. The number of nitrogens with one attached hydrogen (secondary N) is 1. The lowest BCUT2D eigenvalue weighted by Gasteiger charge is -2.20. The van der Waals surface area contributed by atoms with E-state index in [0.717, 1.165) is 47.1 Å². The lowest BCUT2D eigenvalue weighted by molar-refractivity contribution is 0.750. The maximum Gasteiger partial charge on any atom is 0.213 e. The highest BCUT2D eigenvalue weighted by Gasteiger charge is 2.29. The van der Waals surface area contributed by atoms with E-state index in [0.29, 0.717) is 15.9 Å². The van der Waals surface area contributed by atoms with E-state index in [1.54, 1.807) is 22.5 Å². The highest BCUT2D eigenvalue weighted by Crippen LogP contribution is 2.36. The van der Waals surface area contributed by atoms with Crippen LogP contribution in [-0.2, 0) is 12.8 Å². The minimum absolute atomic E-state index is 0.129. The van der Waals surface area contributed by atoms with Gasteiger partial charge in [0.2, 0.25) is 11.0 Å². The summed E-state index contributed by atoms with van der Waals surface area (Å²) in [5.41, 5.74) is 5.14. The second-order valence-electron chi connectivity index (χ2n) is 6.37. The van der Waals surface area contributed by atoms with E-state index >= 15 is 0 Å². The fourth-order valence-electron chi connectivity index (χ4n) is 3.43. The number of benzene rings is 1. The third-order valence-corrected chi connectivity index (χ3v) is 6.50. The minimum Gasteiger partial charge on any atom is -0.274 e. The molecule has 5 rings (SSSR count). The van der Waals surface area contributed by atoms with Gasteiger partial charge in [0.25, 0.3) is 0 Å². The summed E-state index contributed by atoms with van der Waals surface area (Å²) >= 11 is 13.9. The van der Waals surface area contributed by atoms with Gasteiger partial charge in [-0.3, -0.25) is 5.10 Å². The van der Waals surface area contributed by atoms with E-state index in [9.17, 15) is 0 Å². The van der Waals surface area contributed by atoms with Gasteiger partial charge in [-0.15, -0.1) is 10.2 Å². The number of hydrogen-bond acceptors (Lipinski definition) is 5. The first-order valence-electron chi connectivity index (χ1n) is 8.34. The molecule has 2 aliphatic rings. The zero-order chi connectivity index (χ0) is 17.8. The van der Waals surface area contributed by atoms with Crippen LogP contribution in [-0.4, -0.2) is 36.0 Å². The van der Waals surface area contributed by atoms with Crippen molar-refractivity contribution in [1.82, 2.24) is 25.1 Å². The molecule has 132 valence electrons. The molecule has 1 atom stereocenters. The number of aryl methyl sites for hydroxylation is 1. The molecule has 1 N–H and O–H groups in total. The molecule has 3 heterocycles. The van der Waals surface area contributed by atoms with Crippen LogP contribution in [0.4, 0.5) is 0 Å². The van der Waals surface area contributed by atoms with Gasteiger partial charge in [-0.25, -0.2) is 0 Å². The third kappa shape index (κ3) is 2.49. The SMILES string of the molecule is CC1Sc2nnc(-c3[nH]nc4c3CCC4)n2N=C1c1ccc(Cl)c(Cl)c1. The van der Waals surface area contributed by atoms with E-state index in [1.807, 2.05) is 12.1 Å². The zero-order valence-electron chi connectivity index (χ0n) is 13.8. The number of halogens is 2. The molecule has 9 heteroatoms. The van der Waals surface area contributed by atoms with Crippen LogP contribution in [0.15, 0.2) is 28.5 Å². The van der Waals surface area contributed by atoms with Crippen molar-refractivity contribution in [1.29, 1.82) is 0 Å². The molecule has 6 nitrogen and oxygen atoms in total. The molecule has 0 bridgehead atoms. The highest BCUT2D eigenvalue weighted by molar-refractivity contribution is 8.00. The molecule has 1 aromatic carbocycles. The summed E-state index contributed by atoms with van der Waals surface area (Å²) in [6.45, 7) is 2.10. The van der Waals surface area contributed by atoms with Crippen LogP contribution in [0.1, 0.15) is 30.2 Å². The Kier molecular flexibility index (Phi) is 3.84. The number of aromatic nitrogens is 5. The lowest BCUT2D eigenvalue weighted by Crippen LogP contribution is -2.21. The molecule has 1 aliphatic heterocycles. The fraction of sp³-hybridized carbons (Fsp3) is 0.294. The summed E-state index contributed by atoms with van der Waals surface area (Å²) in [5.74, 6) is 0.701. The first-order valence-corrected chi connectivity index (χ1v) is 9.98. The average molecular weight is 405 g/mol. The quantitative estimate of drug-likeness (QED) is 0.693. The van der Waals surface area contributed by atoms with Crippen LogP contribution >= 0.6 is 35.0 Å². The summed E-state index contributed by atoms with van der Waals surface area (Å²) in [4.78, 5) is 0. The largest absolute Gasteiger partial charge is 0.274 e. The number of aromatic amines is 1. The van der Waals surface area contributed by atoms with Crippen molar-refractivity contribution >= 4 is 40.7 Å². The first-order chi connectivity index (χ1) is 12.6. The van der Waals surface area contributed by atoms with Gasteiger partial charge in [0.15, 0.2) is 0 Å². The molecule has 3 aromatic rings. The van der Waals surface area contributed by atoms with Gasteiger partial charge in [-0.2, -0.15) is 14.9 Å². The van der Waals surface area contributed by atoms with Crippen molar-refractivity contribution in [3.63, 3.8) is 0 Å². The van der Waals surface area contributed by atoms with Gasteiger partial charge in [-0.05, 0) is 38.3 Å². The third-order valence-electron chi connectivity index (χ3n) is 4.72. The average Bonchev–Trinajstić information content (AvgIpc) is 3.32. The number of rotatable bonds is 2. The van der Waals surface area contributed by atoms with E-state index in [2.05, 4.69) is 27.3 Å². The predicted molar refractivity (Wildman–Crippen MR) is 103 cm³/mol. The topological polar surface area (TPSA) is 71.8 Å². The molecule has 0 amide bonds. The minimum atomic E-state index is 0.129. The second-order valence-corrected chi connectivity index (χ2v) is 8.49. The van der Waals surface area contributed by atoms with Crippen molar-refractivity contribution in [2.75, 3.05) is 0 Å². The monoisotopic (exact) mass is 404 g/mol. The summed E-state index contributed by atoms with van der Waals surface area (Å²) in [6.07, 6.45) is 3.15. The molecule has 0 saturated carbocycles. The summed E-state index contributed by atoms with van der Waals surface area (Å²) in [7, 11) is 0. The molecule has 0 radical (unpaired) electrons. The van der Waals surface area contributed by atoms with Crippen LogP contribution in [0.25, 0.3) is 11.5 Å². The maximum atomic E-state index is 6.20. The normalized spacial score (nSPS) is 18.6. The molecule has 1 aliphatic carbocycles. The number of thioether (sulfide) groups is 1. The smallest absolute Gasteiger partial charge is 0.213 e. The van der Waals surface area contributed by atoms with Gasteiger partial charge in [0, 0.05) is 11.1 Å². The van der Waals surface area contributed by atoms with E-state index in [4.69, 9.17) is 28.3 Å². The van der Waals surface area contributed by atoms with Crippen molar-refractivity contribution in [3.8, 4) is 11.5 Å². The van der Waals surface area contributed by atoms with Crippen LogP contribution < -0.4 is 0 Å². The molecular formula is C17H14Cl2N6S. The van der Waals surface area contributed by atoms with E-state index in [1.165, 1.54) is 5.56 Å². The van der Waals surface area contributed by atoms with Crippen LogP contribution in [0.2, 0.25) is 10.0 Å². The second kappa shape index (κ2) is 6.11. The summed E-state index contributed by atoms with van der Waals surface area (Å²) < 4.78 is 1.80. The molecule has 0 saturated heterocycles. The van der Waals surface area contributed by atoms with Crippen LogP contribution in [0.3, 0.4) is 0 Å². The molecule has 1 unspecified atom stereocenters. The lowest BCUT2D eigenvalue weighted by atomic mass is 10.1. The predicted octanol–water partition coefficient (Wildman–Crippen LogP) is 4.21. The Balaban J connectivity index is 1.63. The van der Waals surface area contributed by atoms with Crippen LogP contribution in [0, 0.1) is 0 Å². The van der Waals surface area contributed by atoms with Crippen molar-refractivity contribution < 1.29 is 0 Å². The number of nitrogens with zero attached hydrogens (tertiary/aromatic N) is 5. The summed E-state index contributed by atoms with van der Waals surface area (Å²) in [5, 5.41) is 23.0. The molecule has 0 spiro atoms. The Morgan fingerprint density at radius 3 is 2.92 bits per heavy atom. The Morgan fingerprint density at radius 1 is 1.19 bits per heavy atom. The van der Waals surface area contributed by atoms with Gasteiger partial charge >= 0.3 is 0 Å². The molecule has 0 fully saturated rings. The molecule has 2 aromatic heterocycles. The molecule has 26 heavy (non-hydrogen) atoms. The zero-order valence-corrected chi connectivity index (χ0v) is 16.2. The van der Waals surface area contributed by atoms with Gasteiger partial charge in [0.1, 0.15) is 5.69 Å². The van der Waals surface area contributed by atoms with Crippen molar-refractivity contribution in [2.24, 2.45) is 5.10 Å². The van der Waals surface area contributed by atoms with Gasteiger partial charge in [0.05, 0.1) is 26.7 Å². The Morgan fingerprint density at radius 2 is 2.08 bits per heavy atom. The number of H-pyrrole nitrogens is 1. The van der Waals surface area contributed by atoms with Crippen molar-refractivity contribution in [2.45, 2.75) is 36.6 Å². The van der Waals surface area contributed by atoms with E-state index < -0.39 is 0 Å². The molecular weight excluding hydrogens is 391 g/mol.